The minimum Gasteiger partial charge on any atom is -0.299 e. The van der Waals surface area contributed by atoms with E-state index in [-0.39, 0.29) is 33.0 Å². The summed E-state index contributed by atoms with van der Waals surface area (Å²) in [6, 6.07) is 0. The number of carbonyl (C=O) groups is 2. The molecular weight excluding hydrogens is 458 g/mol. The lowest BCUT2D eigenvalue weighted by atomic mass is 9.32. The standard InChI is InChI=1S/C33H51NO3/c1-9-20-37-34-28(36)33-17-12-22(21(2)3)27(33)23-10-11-25-30(6)15-14-26(35)29(4,5)24(30)13-16-32(25,8)31(23,7)18-19-33/h9,22-25,27H,1-2,10-20H2,3-8H3,(H,34,36)/t22-,23+,24-,25+,27+,30-,31+,32+,33-/m0/s1. The average Bonchev–Trinajstić information content (AvgIpc) is 3.24. The zero-order valence-electron chi connectivity index (χ0n) is 24.4. The lowest BCUT2D eigenvalue weighted by Crippen LogP contribution is -2.67. The molecule has 0 aromatic carbocycles. The van der Waals surface area contributed by atoms with Crippen molar-refractivity contribution in [2.75, 3.05) is 6.61 Å². The Hall–Kier alpha value is -1.42. The first-order valence-electron chi connectivity index (χ1n) is 15.0. The average molecular weight is 510 g/mol. The third-order valence-electron chi connectivity index (χ3n) is 13.6. The molecule has 0 aromatic rings. The van der Waals surface area contributed by atoms with Gasteiger partial charge < -0.3 is 0 Å². The second-order valence-corrected chi connectivity index (χ2v) is 15.0. The lowest BCUT2D eigenvalue weighted by molar-refractivity contribution is -0.234. The molecule has 4 nitrogen and oxygen atoms in total. The molecule has 0 bridgehead atoms. The number of carbonyl (C=O) groups excluding carboxylic acids is 2. The topological polar surface area (TPSA) is 55.4 Å². The van der Waals surface area contributed by atoms with Crippen molar-refractivity contribution in [3.8, 4) is 0 Å². The molecule has 0 saturated heterocycles. The van der Waals surface area contributed by atoms with Crippen molar-refractivity contribution in [2.24, 2.45) is 56.7 Å². The van der Waals surface area contributed by atoms with E-state index in [0.717, 1.165) is 44.9 Å². The van der Waals surface area contributed by atoms with Crippen LogP contribution in [0.4, 0.5) is 0 Å². The number of allylic oxidation sites excluding steroid dienone is 1. The number of amides is 1. The van der Waals surface area contributed by atoms with Crippen molar-refractivity contribution >= 4 is 11.7 Å². The summed E-state index contributed by atoms with van der Waals surface area (Å²) in [6.45, 7) is 22.9. The number of ketones is 1. The van der Waals surface area contributed by atoms with Gasteiger partial charge in [0.05, 0.1) is 12.0 Å². The van der Waals surface area contributed by atoms with Crippen LogP contribution in [0, 0.1) is 56.7 Å². The minimum atomic E-state index is -0.363. The number of nitrogens with one attached hydrogen (secondary N) is 1. The molecule has 37 heavy (non-hydrogen) atoms. The van der Waals surface area contributed by atoms with Crippen LogP contribution in [0.15, 0.2) is 24.8 Å². The van der Waals surface area contributed by atoms with Crippen LogP contribution in [0.3, 0.4) is 0 Å². The van der Waals surface area contributed by atoms with E-state index in [1.807, 2.05) is 0 Å². The van der Waals surface area contributed by atoms with E-state index in [2.05, 4.69) is 60.2 Å². The Morgan fingerprint density at radius 3 is 2.38 bits per heavy atom. The maximum Gasteiger partial charge on any atom is 0.250 e. The number of rotatable bonds is 5. The Morgan fingerprint density at radius 2 is 1.70 bits per heavy atom. The zero-order valence-corrected chi connectivity index (χ0v) is 24.4. The van der Waals surface area contributed by atoms with Gasteiger partial charge in [-0.25, -0.2) is 5.48 Å². The van der Waals surface area contributed by atoms with Gasteiger partial charge in [0.2, 0.25) is 5.91 Å². The molecule has 1 N–H and O–H groups in total. The molecule has 5 aliphatic rings. The molecule has 4 heteroatoms. The molecule has 9 atom stereocenters. The van der Waals surface area contributed by atoms with Gasteiger partial charge in [0.1, 0.15) is 5.78 Å². The maximum absolute atomic E-state index is 13.8. The van der Waals surface area contributed by atoms with Gasteiger partial charge in [0, 0.05) is 11.8 Å². The summed E-state index contributed by atoms with van der Waals surface area (Å²) in [5.41, 5.74) is 4.12. The molecule has 0 radical (unpaired) electrons. The van der Waals surface area contributed by atoms with Gasteiger partial charge in [0.15, 0.2) is 0 Å². The summed E-state index contributed by atoms with van der Waals surface area (Å²) >= 11 is 0. The van der Waals surface area contributed by atoms with Crippen molar-refractivity contribution in [1.82, 2.24) is 5.48 Å². The molecular formula is C33H51NO3. The normalized spacial score (nSPS) is 48.2. The molecule has 0 spiro atoms. The first-order chi connectivity index (χ1) is 17.3. The predicted octanol–water partition coefficient (Wildman–Crippen LogP) is 7.45. The second kappa shape index (κ2) is 8.80. The Labute approximate surface area is 225 Å². The van der Waals surface area contributed by atoms with E-state index < -0.39 is 0 Å². The van der Waals surface area contributed by atoms with Crippen molar-refractivity contribution in [3.63, 3.8) is 0 Å². The van der Waals surface area contributed by atoms with Crippen LogP contribution in [0.1, 0.15) is 106 Å². The fraction of sp³-hybridized carbons (Fsp3) is 0.818. The van der Waals surface area contributed by atoms with Gasteiger partial charge in [0.25, 0.3) is 0 Å². The van der Waals surface area contributed by atoms with Gasteiger partial charge in [-0.15, -0.1) is 6.58 Å². The van der Waals surface area contributed by atoms with Crippen LogP contribution in [-0.2, 0) is 14.4 Å². The predicted molar refractivity (Wildman–Crippen MR) is 148 cm³/mol. The monoisotopic (exact) mass is 509 g/mol. The summed E-state index contributed by atoms with van der Waals surface area (Å²) < 4.78 is 0. The van der Waals surface area contributed by atoms with E-state index in [9.17, 15) is 9.59 Å². The first-order valence-corrected chi connectivity index (χ1v) is 15.0. The van der Waals surface area contributed by atoms with E-state index in [1.54, 1.807) is 6.08 Å². The summed E-state index contributed by atoms with van der Waals surface area (Å²) in [4.78, 5) is 32.3. The highest BCUT2D eigenvalue weighted by molar-refractivity contribution is 5.85. The number of hydroxylamine groups is 1. The molecule has 0 aromatic heterocycles. The Morgan fingerprint density at radius 1 is 0.973 bits per heavy atom. The fourth-order valence-electron chi connectivity index (χ4n) is 11.6. The Kier molecular flexibility index (Phi) is 6.46. The van der Waals surface area contributed by atoms with E-state index in [0.29, 0.717) is 42.0 Å². The summed E-state index contributed by atoms with van der Waals surface area (Å²) in [7, 11) is 0. The molecule has 0 heterocycles. The van der Waals surface area contributed by atoms with Gasteiger partial charge in [-0.05, 0) is 111 Å². The Balaban J connectivity index is 1.52. The van der Waals surface area contributed by atoms with Gasteiger partial charge in [-0.3, -0.25) is 14.4 Å². The second-order valence-electron chi connectivity index (χ2n) is 15.0. The highest BCUT2D eigenvalue weighted by Crippen LogP contribution is 2.77. The lowest BCUT2D eigenvalue weighted by Gasteiger charge is -2.72. The smallest absolute Gasteiger partial charge is 0.250 e. The molecule has 0 aliphatic heterocycles. The van der Waals surface area contributed by atoms with E-state index in [1.165, 1.54) is 24.8 Å². The molecule has 5 rings (SSSR count). The minimum absolute atomic E-state index is 0.0839. The van der Waals surface area contributed by atoms with E-state index >= 15 is 0 Å². The van der Waals surface area contributed by atoms with Crippen LogP contribution >= 0.6 is 0 Å². The molecule has 206 valence electrons. The molecule has 5 fully saturated rings. The third kappa shape index (κ3) is 3.49. The van der Waals surface area contributed by atoms with Crippen molar-refractivity contribution in [1.29, 1.82) is 0 Å². The van der Waals surface area contributed by atoms with Crippen molar-refractivity contribution in [3.05, 3.63) is 24.8 Å². The summed E-state index contributed by atoms with van der Waals surface area (Å²) in [6.07, 6.45) is 12.2. The number of hydrogen-bond donors (Lipinski definition) is 1. The quantitative estimate of drug-likeness (QED) is 0.238. The Bertz CT molecular complexity index is 1000. The molecule has 5 saturated carbocycles. The highest BCUT2D eigenvalue weighted by Gasteiger charge is 2.71. The van der Waals surface area contributed by atoms with Crippen LogP contribution in [0.25, 0.3) is 0 Å². The molecule has 0 unspecified atom stereocenters. The maximum atomic E-state index is 13.8. The van der Waals surface area contributed by atoms with Crippen LogP contribution in [0.2, 0.25) is 0 Å². The van der Waals surface area contributed by atoms with Gasteiger partial charge in [-0.1, -0.05) is 52.8 Å². The highest BCUT2D eigenvalue weighted by atomic mass is 16.6. The van der Waals surface area contributed by atoms with Gasteiger partial charge in [-0.2, -0.15) is 0 Å². The molecule has 1 amide bonds. The number of Topliss-reactive ketones (excluding diaryl/α,β-unsaturated/α-hetero) is 1. The van der Waals surface area contributed by atoms with Gasteiger partial charge >= 0.3 is 0 Å². The van der Waals surface area contributed by atoms with Crippen molar-refractivity contribution in [2.45, 2.75) is 106 Å². The first kappa shape index (κ1) is 27.2. The zero-order chi connectivity index (χ0) is 27.0. The fourth-order valence-corrected chi connectivity index (χ4v) is 11.6. The molecule has 5 aliphatic carbocycles. The third-order valence-corrected chi connectivity index (χ3v) is 13.6. The number of hydrogen-bond acceptors (Lipinski definition) is 3. The van der Waals surface area contributed by atoms with Crippen LogP contribution in [-0.4, -0.2) is 18.3 Å². The summed E-state index contributed by atoms with van der Waals surface area (Å²) in [5, 5.41) is 0. The SMILES string of the molecule is C=CCONC(=O)[C@]12CC[C@@H](C(=C)C)[C@@H]1[C@H]1CC[C@@H]3[C@@]4(C)CCC(=O)C(C)(C)[C@@H]4CC[C@@]3(C)[C@]1(C)CC2. The van der Waals surface area contributed by atoms with Crippen LogP contribution < -0.4 is 5.48 Å². The van der Waals surface area contributed by atoms with Crippen LogP contribution in [0.5, 0.6) is 0 Å². The summed E-state index contributed by atoms with van der Waals surface area (Å²) in [5.74, 6) is 2.90. The number of fused-ring (bicyclic) bond motifs is 7. The largest absolute Gasteiger partial charge is 0.299 e. The van der Waals surface area contributed by atoms with Crippen molar-refractivity contribution < 1.29 is 14.4 Å². The van der Waals surface area contributed by atoms with E-state index in [4.69, 9.17) is 4.84 Å².